The van der Waals surface area contributed by atoms with Crippen LogP contribution in [0.4, 0.5) is 0 Å². The van der Waals surface area contributed by atoms with Crippen molar-refractivity contribution in [1.82, 2.24) is 0 Å². The smallest absolute Gasteiger partial charge is 0.313 e. The Hall–Kier alpha value is -1.32. The van der Waals surface area contributed by atoms with Gasteiger partial charge in [-0.2, -0.15) is 0 Å². The molecule has 28 heavy (non-hydrogen) atoms. The molecule has 4 heteroatoms. The molecule has 5 atom stereocenters. The molecule has 1 aliphatic heterocycles. The minimum Gasteiger partial charge on any atom is -0.465 e. The lowest BCUT2D eigenvalue weighted by molar-refractivity contribution is -0.187. The molecule has 0 amide bonds. The molecule has 3 fully saturated rings. The molecule has 0 aromatic heterocycles. The minimum absolute atomic E-state index is 0.0212. The predicted octanol–water partition coefficient (Wildman–Crippen LogP) is 5.20. The van der Waals surface area contributed by atoms with Crippen LogP contribution >= 0.6 is 0 Å². The third kappa shape index (κ3) is 3.41. The minimum atomic E-state index is -0.0973. The Morgan fingerprint density at radius 3 is 2.71 bits per heavy atom. The highest BCUT2D eigenvalue weighted by molar-refractivity contribution is 5.80. The molecule has 0 bridgehead atoms. The van der Waals surface area contributed by atoms with E-state index >= 15 is 0 Å². The molecule has 4 nitrogen and oxygen atoms in total. The van der Waals surface area contributed by atoms with Gasteiger partial charge in [-0.1, -0.05) is 45.3 Å². The Balaban J connectivity index is 1.59. The average molecular weight is 389 g/mol. The normalized spacial score (nSPS) is 38.9. The van der Waals surface area contributed by atoms with Crippen LogP contribution in [0.15, 0.2) is 11.1 Å². The molecule has 1 heterocycles. The van der Waals surface area contributed by atoms with Gasteiger partial charge >= 0.3 is 11.9 Å². The number of hydrogen-bond acceptors (Lipinski definition) is 4. The Bertz CT molecular complexity index is 691. The fourth-order valence-corrected chi connectivity index (χ4v) is 6.81. The van der Waals surface area contributed by atoms with Gasteiger partial charge in [-0.25, -0.2) is 0 Å². The van der Waals surface area contributed by atoms with E-state index in [1.807, 2.05) is 6.92 Å². The lowest BCUT2D eigenvalue weighted by atomic mass is 9.58. The van der Waals surface area contributed by atoms with Gasteiger partial charge in [-0.05, 0) is 55.8 Å². The lowest BCUT2D eigenvalue weighted by Crippen LogP contribution is -2.47. The van der Waals surface area contributed by atoms with E-state index in [2.05, 4.69) is 20.8 Å². The summed E-state index contributed by atoms with van der Waals surface area (Å²) in [6.07, 6.45) is 9.39. The molecular weight excluding hydrogens is 352 g/mol. The van der Waals surface area contributed by atoms with Crippen molar-refractivity contribution in [2.45, 2.75) is 91.6 Å². The molecule has 5 unspecified atom stereocenters. The summed E-state index contributed by atoms with van der Waals surface area (Å²) in [6, 6.07) is 0. The van der Waals surface area contributed by atoms with E-state index in [1.165, 1.54) is 31.3 Å². The summed E-state index contributed by atoms with van der Waals surface area (Å²) in [7, 11) is 0. The number of fused-ring (bicyclic) bond motifs is 3. The maximum Gasteiger partial charge on any atom is 0.313 e. The summed E-state index contributed by atoms with van der Waals surface area (Å²) in [5, 5.41) is 0. The number of carbonyl (C=O) groups excluding carboxylic acids is 2. The van der Waals surface area contributed by atoms with Gasteiger partial charge in [0.25, 0.3) is 0 Å². The fraction of sp³-hybridized carbons (Fsp3) is 0.833. The number of ether oxygens (including phenoxy) is 2. The molecular formula is C24H36O4. The zero-order valence-corrected chi connectivity index (χ0v) is 18.0. The number of rotatable bonds is 5. The van der Waals surface area contributed by atoms with Gasteiger partial charge in [0.05, 0.1) is 12.5 Å². The summed E-state index contributed by atoms with van der Waals surface area (Å²) in [5.41, 5.74) is 3.73. The number of allylic oxidation sites excluding steroid dienone is 1. The summed E-state index contributed by atoms with van der Waals surface area (Å²) in [4.78, 5) is 24.0. The highest BCUT2D eigenvalue weighted by Gasteiger charge is 2.59. The van der Waals surface area contributed by atoms with Crippen molar-refractivity contribution in [1.29, 1.82) is 0 Å². The van der Waals surface area contributed by atoms with Crippen molar-refractivity contribution in [3.63, 3.8) is 0 Å². The van der Waals surface area contributed by atoms with Crippen LogP contribution in [0.1, 0.15) is 85.5 Å². The molecule has 0 aromatic rings. The standard InChI is InChI=1S/C24H36O4/c1-5-7-19(25)27-13-15-8-9-18(24(4)11-6-10-23(2,3)14-24)16-12-17-21(20(15)16)28-22(17)26/h15,17,20-21H,5-14H2,1-4H3. The van der Waals surface area contributed by atoms with Crippen LogP contribution in [0.3, 0.4) is 0 Å². The third-order valence-corrected chi connectivity index (χ3v) is 7.90. The molecule has 1 saturated heterocycles. The third-order valence-electron chi connectivity index (χ3n) is 7.90. The summed E-state index contributed by atoms with van der Waals surface area (Å²) < 4.78 is 11.2. The zero-order valence-electron chi connectivity index (χ0n) is 18.0. The fourth-order valence-electron chi connectivity index (χ4n) is 6.81. The second-order valence-electron chi connectivity index (χ2n) is 10.7. The maximum atomic E-state index is 12.0. The highest BCUT2D eigenvalue weighted by atomic mass is 16.6. The SMILES string of the molecule is CCCC(=O)OCC1CCC(C2(C)CCCC(C)(C)C2)=C2CC3C(=O)OC3C21. The van der Waals surface area contributed by atoms with Crippen molar-refractivity contribution < 1.29 is 19.1 Å². The molecule has 0 aromatic carbocycles. The van der Waals surface area contributed by atoms with E-state index in [9.17, 15) is 9.59 Å². The van der Waals surface area contributed by atoms with Crippen LogP contribution in [0.5, 0.6) is 0 Å². The van der Waals surface area contributed by atoms with Crippen molar-refractivity contribution in [2.24, 2.45) is 28.6 Å². The van der Waals surface area contributed by atoms with Crippen molar-refractivity contribution >= 4 is 11.9 Å². The lowest BCUT2D eigenvalue weighted by Gasteiger charge is -2.48. The molecule has 4 aliphatic rings. The van der Waals surface area contributed by atoms with Gasteiger partial charge in [-0.3, -0.25) is 9.59 Å². The van der Waals surface area contributed by atoms with Gasteiger partial charge in [0.2, 0.25) is 0 Å². The Morgan fingerprint density at radius 2 is 2.04 bits per heavy atom. The Kier molecular flexibility index (Phi) is 5.12. The van der Waals surface area contributed by atoms with Crippen LogP contribution in [-0.2, 0) is 19.1 Å². The van der Waals surface area contributed by atoms with Crippen molar-refractivity contribution in [3.8, 4) is 0 Å². The number of hydrogen-bond donors (Lipinski definition) is 0. The van der Waals surface area contributed by atoms with E-state index in [1.54, 1.807) is 5.57 Å². The van der Waals surface area contributed by atoms with Gasteiger partial charge in [0, 0.05) is 18.3 Å². The maximum absolute atomic E-state index is 12.0. The van der Waals surface area contributed by atoms with Gasteiger partial charge in [0.15, 0.2) is 0 Å². The first kappa shape index (κ1) is 20.0. The summed E-state index contributed by atoms with van der Waals surface area (Å²) in [6.45, 7) is 9.73. The van der Waals surface area contributed by atoms with Crippen molar-refractivity contribution in [3.05, 3.63) is 11.1 Å². The molecule has 2 saturated carbocycles. The predicted molar refractivity (Wildman–Crippen MR) is 107 cm³/mol. The van der Waals surface area contributed by atoms with Crippen LogP contribution in [0, 0.1) is 28.6 Å². The topological polar surface area (TPSA) is 52.6 Å². The van der Waals surface area contributed by atoms with Crippen molar-refractivity contribution in [2.75, 3.05) is 6.61 Å². The first-order chi connectivity index (χ1) is 13.2. The first-order valence-electron chi connectivity index (χ1n) is 11.3. The second-order valence-corrected chi connectivity index (χ2v) is 10.7. The summed E-state index contributed by atoms with van der Waals surface area (Å²) >= 11 is 0. The van der Waals surface area contributed by atoms with Crippen LogP contribution in [0.25, 0.3) is 0 Å². The van der Waals surface area contributed by atoms with Gasteiger partial charge < -0.3 is 9.47 Å². The molecule has 4 rings (SSSR count). The zero-order chi connectivity index (χ0) is 20.1. The average Bonchev–Trinajstić information content (AvgIpc) is 2.92. The quantitative estimate of drug-likeness (QED) is 0.479. The second kappa shape index (κ2) is 7.18. The Labute approximate surface area is 169 Å². The van der Waals surface area contributed by atoms with E-state index in [0.29, 0.717) is 24.4 Å². The molecule has 156 valence electrons. The number of esters is 2. The van der Waals surface area contributed by atoms with Crippen LogP contribution in [-0.4, -0.2) is 24.6 Å². The monoisotopic (exact) mass is 388 g/mol. The molecule has 0 radical (unpaired) electrons. The largest absolute Gasteiger partial charge is 0.465 e. The van der Waals surface area contributed by atoms with E-state index < -0.39 is 0 Å². The summed E-state index contributed by atoms with van der Waals surface area (Å²) in [5.74, 6) is 0.481. The van der Waals surface area contributed by atoms with E-state index in [4.69, 9.17) is 9.47 Å². The van der Waals surface area contributed by atoms with Gasteiger partial charge in [0.1, 0.15) is 6.10 Å². The molecule has 0 N–H and O–H groups in total. The highest BCUT2D eigenvalue weighted by Crippen LogP contribution is 2.59. The van der Waals surface area contributed by atoms with E-state index in [0.717, 1.165) is 25.7 Å². The van der Waals surface area contributed by atoms with Gasteiger partial charge in [-0.15, -0.1) is 0 Å². The number of carbonyl (C=O) groups is 2. The van der Waals surface area contributed by atoms with Crippen LogP contribution in [0.2, 0.25) is 0 Å². The molecule has 0 spiro atoms. The first-order valence-corrected chi connectivity index (χ1v) is 11.3. The molecule has 3 aliphatic carbocycles. The Morgan fingerprint density at radius 1 is 1.25 bits per heavy atom. The van der Waals surface area contributed by atoms with Crippen LogP contribution < -0.4 is 0 Å². The van der Waals surface area contributed by atoms with E-state index in [-0.39, 0.29) is 35.3 Å².